The second-order valence-corrected chi connectivity index (χ2v) is 8.79. The number of tetrazole rings is 1. The predicted octanol–water partition coefficient (Wildman–Crippen LogP) is 4.92. The van der Waals surface area contributed by atoms with Crippen LogP contribution >= 0.6 is 15.9 Å². The molecule has 0 saturated carbocycles. The topological polar surface area (TPSA) is 82.1 Å². The Morgan fingerprint density at radius 1 is 1.23 bits per heavy atom. The lowest BCUT2D eigenvalue weighted by Gasteiger charge is -2.29. The minimum atomic E-state index is 0.451. The van der Waals surface area contributed by atoms with Crippen molar-refractivity contribution in [3.63, 3.8) is 0 Å². The average molecular weight is 487 g/mol. The van der Waals surface area contributed by atoms with E-state index in [0.717, 1.165) is 41.0 Å². The molecule has 0 unspecified atom stereocenters. The van der Waals surface area contributed by atoms with E-state index in [-0.39, 0.29) is 0 Å². The summed E-state index contributed by atoms with van der Waals surface area (Å²) in [6, 6.07) is 10.8. The average Bonchev–Trinajstić information content (AvgIpc) is 3.16. The summed E-state index contributed by atoms with van der Waals surface area (Å²) in [5.41, 5.74) is 11.7. The van der Waals surface area contributed by atoms with Crippen LogP contribution in [0.4, 0.5) is 11.4 Å². The zero-order valence-corrected chi connectivity index (χ0v) is 20.5. The monoisotopic (exact) mass is 486 g/mol. The number of halogens is 1. The van der Waals surface area contributed by atoms with E-state index in [1.54, 1.807) is 11.9 Å². The van der Waals surface area contributed by atoms with Crippen molar-refractivity contribution in [2.24, 2.45) is 0 Å². The molecule has 0 aliphatic rings. The van der Waals surface area contributed by atoms with E-state index < -0.39 is 0 Å². The Labute approximate surface area is 192 Å². The normalized spacial score (nSPS) is 11.2. The van der Waals surface area contributed by atoms with Crippen LogP contribution in [0.15, 0.2) is 34.8 Å². The second-order valence-electron chi connectivity index (χ2n) is 8.00. The molecule has 1 aromatic heterocycles. The lowest BCUT2D eigenvalue weighted by atomic mass is 10.0. The van der Waals surface area contributed by atoms with Crippen molar-refractivity contribution in [3.8, 4) is 5.75 Å². The highest BCUT2D eigenvalue weighted by Gasteiger charge is 2.21. The zero-order valence-electron chi connectivity index (χ0n) is 18.9. The van der Waals surface area contributed by atoms with Gasteiger partial charge in [-0.1, -0.05) is 45.0 Å². The number of nitrogens with two attached hydrogens (primary N) is 1. The Morgan fingerprint density at radius 2 is 1.94 bits per heavy atom. The van der Waals surface area contributed by atoms with Gasteiger partial charge < -0.3 is 15.4 Å². The fourth-order valence-corrected chi connectivity index (χ4v) is 4.03. The van der Waals surface area contributed by atoms with Crippen LogP contribution in [0.3, 0.4) is 0 Å². The highest BCUT2D eigenvalue weighted by atomic mass is 79.9. The molecule has 0 amide bonds. The standard InChI is InChI=1S/C23H31BrN6O/c1-6-11-29(13-17-7-9-18(10-8-17)15(2)3)23-20(31-5)12-19(21(24)22(23)25)14-30-27-16(4)26-28-30/h7-10,12,15H,6,11,13-14,25H2,1-5H3. The molecule has 0 aliphatic carbocycles. The molecule has 3 rings (SSSR count). The molecule has 31 heavy (non-hydrogen) atoms. The number of ether oxygens (including phenoxy) is 1. The SMILES string of the molecule is CCCN(Cc1ccc(C(C)C)cc1)c1c(OC)cc(Cn2nnc(C)n2)c(Br)c1N. The molecule has 7 nitrogen and oxygen atoms in total. The second kappa shape index (κ2) is 10.1. The van der Waals surface area contributed by atoms with Crippen molar-refractivity contribution in [1.82, 2.24) is 20.2 Å². The zero-order chi connectivity index (χ0) is 22.5. The van der Waals surface area contributed by atoms with Crippen molar-refractivity contribution in [1.29, 1.82) is 0 Å². The van der Waals surface area contributed by atoms with Crippen molar-refractivity contribution in [3.05, 3.63) is 57.3 Å². The van der Waals surface area contributed by atoms with E-state index in [1.807, 2.05) is 13.0 Å². The summed E-state index contributed by atoms with van der Waals surface area (Å²) in [5.74, 6) is 1.88. The van der Waals surface area contributed by atoms with Crippen LogP contribution in [-0.4, -0.2) is 33.9 Å². The first-order chi connectivity index (χ1) is 14.8. The van der Waals surface area contributed by atoms with Crippen LogP contribution in [0.25, 0.3) is 0 Å². The summed E-state index contributed by atoms with van der Waals surface area (Å²) >= 11 is 3.69. The van der Waals surface area contributed by atoms with Crippen LogP contribution in [-0.2, 0) is 13.1 Å². The highest BCUT2D eigenvalue weighted by molar-refractivity contribution is 9.10. The smallest absolute Gasteiger partial charge is 0.171 e. The molecule has 2 N–H and O–H groups in total. The Morgan fingerprint density at radius 3 is 2.48 bits per heavy atom. The number of nitrogens with zero attached hydrogens (tertiary/aromatic N) is 5. The molecular formula is C23H31BrN6O. The summed E-state index contributed by atoms with van der Waals surface area (Å²) in [7, 11) is 1.68. The van der Waals surface area contributed by atoms with Gasteiger partial charge in [0.25, 0.3) is 0 Å². The molecule has 1 heterocycles. The van der Waals surface area contributed by atoms with E-state index in [1.165, 1.54) is 11.1 Å². The third-order valence-electron chi connectivity index (χ3n) is 5.23. The third-order valence-corrected chi connectivity index (χ3v) is 6.16. The molecule has 0 aliphatic heterocycles. The van der Waals surface area contributed by atoms with Gasteiger partial charge in [-0.05, 0) is 63.2 Å². The maximum atomic E-state index is 6.63. The van der Waals surface area contributed by atoms with Gasteiger partial charge in [0, 0.05) is 17.6 Å². The summed E-state index contributed by atoms with van der Waals surface area (Å²) in [4.78, 5) is 3.83. The van der Waals surface area contributed by atoms with Crippen LogP contribution in [0, 0.1) is 6.92 Å². The molecular weight excluding hydrogens is 456 g/mol. The Kier molecular flexibility index (Phi) is 7.54. The maximum Gasteiger partial charge on any atom is 0.171 e. The molecule has 0 atom stereocenters. The van der Waals surface area contributed by atoms with Crippen LogP contribution in [0.1, 0.15) is 55.6 Å². The van der Waals surface area contributed by atoms with Gasteiger partial charge in [0.05, 0.1) is 19.3 Å². The Bertz CT molecular complexity index is 1020. The summed E-state index contributed by atoms with van der Waals surface area (Å²) in [6.45, 7) is 10.5. The van der Waals surface area contributed by atoms with Crippen molar-refractivity contribution >= 4 is 27.3 Å². The number of anilines is 2. The van der Waals surface area contributed by atoms with Crippen molar-refractivity contribution < 1.29 is 4.74 Å². The maximum absolute atomic E-state index is 6.63. The predicted molar refractivity (Wildman–Crippen MR) is 129 cm³/mol. The van der Waals surface area contributed by atoms with Gasteiger partial charge in [0.15, 0.2) is 5.82 Å². The lowest BCUT2D eigenvalue weighted by molar-refractivity contribution is 0.413. The molecule has 0 saturated heterocycles. The first-order valence-corrected chi connectivity index (χ1v) is 11.4. The minimum Gasteiger partial charge on any atom is -0.494 e. The van der Waals surface area contributed by atoms with E-state index in [4.69, 9.17) is 10.5 Å². The van der Waals surface area contributed by atoms with Gasteiger partial charge in [-0.2, -0.15) is 4.80 Å². The fraction of sp³-hybridized carbons (Fsp3) is 0.435. The highest BCUT2D eigenvalue weighted by Crippen LogP contribution is 2.42. The summed E-state index contributed by atoms with van der Waals surface area (Å²) < 4.78 is 6.60. The molecule has 0 spiro atoms. The minimum absolute atomic E-state index is 0.451. The quantitative estimate of drug-likeness (QED) is 0.432. The van der Waals surface area contributed by atoms with E-state index in [2.05, 4.69) is 81.3 Å². The van der Waals surface area contributed by atoms with Crippen LogP contribution in [0.5, 0.6) is 5.75 Å². The summed E-state index contributed by atoms with van der Waals surface area (Å²) in [6.07, 6.45) is 0.994. The van der Waals surface area contributed by atoms with Gasteiger partial charge in [-0.15, -0.1) is 10.2 Å². The van der Waals surface area contributed by atoms with Gasteiger partial charge >= 0.3 is 0 Å². The van der Waals surface area contributed by atoms with E-state index in [9.17, 15) is 0 Å². The Balaban J connectivity index is 1.95. The lowest BCUT2D eigenvalue weighted by Crippen LogP contribution is -2.25. The van der Waals surface area contributed by atoms with Crippen molar-refractivity contribution in [2.75, 3.05) is 24.3 Å². The molecule has 2 aromatic carbocycles. The van der Waals surface area contributed by atoms with Crippen molar-refractivity contribution in [2.45, 2.75) is 53.1 Å². The molecule has 3 aromatic rings. The number of aryl methyl sites for hydroxylation is 1. The van der Waals surface area contributed by atoms with Gasteiger partial charge in [-0.25, -0.2) is 0 Å². The molecule has 0 bridgehead atoms. The molecule has 0 radical (unpaired) electrons. The number of methoxy groups -OCH3 is 1. The van der Waals surface area contributed by atoms with Gasteiger partial charge in [0.2, 0.25) is 0 Å². The van der Waals surface area contributed by atoms with E-state index >= 15 is 0 Å². The molecule has 8 heteroatoms. The Hall–Kier alpha value is -2.61. The fourth-order valence-electron chi connectivity index (χ4n) is 3.61. The van der Waals surface area contributed by atoms with Gasteiger partial charge in [0.1, 0.15) is 11.4 Å². The van der Waals surface area contributed by atoms with E-state index in [0.29, 0.717) is 24.0 Å². The van der Waals surface area contributed by atoms with Crippen LogP contribution in [0.2, 0.25) is 0 Å². The number of aromatic nitrogens is 4. The molecule has 0 fully saturated rings. The first kappa shape index (κ1) is 23.1. The van der Waals surface area contributed by atoms with Gasteiger partial charge in [-0.3, -0.25) is 0 Å². The molecule has 166 valence electrons. The van der Waals surface area contributed by atoms with Crippen LogP contribution < -0.4 is 15.4 Å². The third kappa shape index (κ3) is 5.36. The number of benzene rings is 2. The first-order valence-electron chi connectivity index (χ1n) is 10.6. The largest absolute Gasteiger partial charge is 0.494 e. The number of nitrogen functional groups attached to an aromatic ring is 1. The summed E-state index contributed by atoms with van der Waals surface area (Å²) in [5, 5.41) is 12.3. The number of hydrogen-bond donors (Lipinski definition) is 1. The number of rotatable bonds is 9. The number of hydrogen-bond acceptors (Lipinski definition) is 6.